The molecular weight excluding hydrogens is 330 g/mol. The molecule has 128 valence electrons. The minimum Gasteiger partial charge on any atom is -0.336 e. The highest BCUT2D eigenvalue weighted by Crippen LogP contribution is 2.14. The molecule has 0 bridgehead atoms. The highest BCUT2D eigenvalue weighted by molar-refractivity contribution is 7.73. The fourth-order valence-corrected chi connectivity index (χ4v) is 3.05. The van der Waals surface area contributed by atoms with Crippen molar-refractivity contribution in [2.75, 3.05) is 30.9 Å². The number of nitrogens with zero attached hydrogens (tertiary/aromatic N) is 3. The second-order valence-corrected chi connectivity index (χ2v) is 6.32. The van der Waals surface area contributed by atoms with E-state index in [0.29, 0.717) is 24.3 Å². The predicted molar refractivity (Wildman–Crippen MR) is 90.1 cm³/mol. The number of amides is 1. The number of hydrogen-bond donors (Lipinski definition) is 3. The normalized spacial score (nSPS) is 15.6. The van der Waals surface area contributed by atoms with E-state index in [1.54, 1.807) is 30.5 Å². The van der Waals surface area contributed by atoms with E-state index in [1.165, 1.54) is 0 Å². The lowest BCUT2D eigenvalue weighted by molar-refractivity contribution is 0.0627. The molecule has 0 atom stereocenters. The molecule has 1 aromatic carbocycles. The molecule has 1 saturated heterocycles. The Morgan fingerprint density at radius 3 is 2.42 bits per heavy atom. The van der Waals surface area contributed by atoms with Crippen molar-refractivity contribution in [2.45, 2.75) is 6.54 Å². The van der Waals surface area contributed by atoms with Gasteiger partial charge in [0.1, 0.15) is 0 Å². The highest BCUT2D eigenvalue weighted by atomic mass is 32.2. The molecule has 2 heterocycles. The molecule has 1 amide bonds. The van der Waals surface area contributed by atoms with Gasteiger partial charge in [0.25, 0.3) is 5.91 Å². The Balaban J connectivity index is 1.54. The predicted octanol–water partition coefficient (Wildman–Crippen LogP) is 0.306. The lowest BCUT2D eigenvalue weighted by atomic mass is 10.1. The van der Waals surface area contributed by atoms with Gasteiger partial charge in [-0.3, -0.25) is 19.5 Å². The fourth-order valence-electron chi connectivity index (χ4n) is 2.69. The average molecular weight is 349 g/mol. The van der Waals surface area contributed by atoms with Gasteiger partial charge in [0.05, 0.1) is 5.69 Å². The first-order chi connectivity index (χ1) is 11.6. The van der Waals surface area contributed by atoms with Crippen molar-refractivity contribution in [2.24, 2.45) is 0 Å². The lowest BCUT2D eigenvalue weighted by Gasteiger charge is -2.34. The van der Waals surface area contributed by atoms with E-state index in [2.05, 4.69) is 19.8 Å². The molecule has 0 spiro atoms. The van der Waals surface area contributed by atoms with Gasteiger partial charge in [-0.25, -0.2) is 8.42 Å². The van der Waals surface area contributed by atoms with Gasteiger partial charge >= 0.3 is 0 Å². The largest absolute Gasteiger partial charge is 0.336 e. The molecule has 8 nitrogen and oxygen atoms in total. The number of aromatic amines is 1. The summed E-state index contributed by atoms with van der Waals surface area (Å²) in [6, 6.07) is 8.40. The second-order valence-electron chi connectivity index (χ2n) is 5.58. The minimum atomic E-state index is -2.69. The molecule has 2 aromatic rings. The summed E-state index contributed by atoms with van der Waals surface area (Å²) < 4.78 is 23.5. The number of carbonyl (C=O) groups excluding carboxylic acids is 1. The Morgan fingerprint density at radius 1 is 1.12 bits per heavy atom. The van der Waals surface area contributed by atoms with Crippen LogP contribution < -0.4 is 4.72 Å². The Bertz CT molecular complexity index is 742. The first kappa shape index (κ1) is 16.5. The van der Waals surface area contributed by atoms with Gasteiger partial charge in [0, 0.05) is 50.2 Å². The maximum Gasteiger partial charge on any atom is 0.253 e. The van der Waals surface area contributed by atoms with Crippen LogP contribution in [0.4, 0.5) is 5.69 Å². The standard InChI is InChI=1S/C15H19N5O3S/c21-15(12-1-3-13(4-2-12)18-24(22)23)20-9-7-19(8-10-20)11-14-5-6-16-17-14/h1-6,24H,7-11H2,(H,16,17)(H,18,22,23). The third-order valence-electron chi connectivity index (χ3n) is 3.96. The number of piperazine rings is 1. The van der Waals surface area contributed by atoms with E-state index in [4.69, 9.17) is 0 Å². The van der Waals surface area contributed by atoms with Crippen LogP contribution >= 0.6 is 0 Å². The second kappa shape index (κ2) is 7.45. The van der Waals surface area contributed by atoms with E-state index < -0.39 is 10.9 Å². The van der Waals surface area contributed by atoms with Gasteiger partial charge < -0.3 is 4.90 Å². The van der Waals surface area contributed by atoms with E-state index in [-0.39, 0.29) is 5.91 Å². The maximum atomic E-state index is 12.5. The molecule has 24 heavy (non-hydrogen) atoms. The first-order valence-electron chi connectivity index (χ1n) is 7.63. The van der Waals surface area contributed by atoms with Crippen molar-refractivity contribution in [3.05, 3.63) is 47.8 Å². The van der Waals surface area contributed by atoms with Gasteiger partial charge in [-0.1, -0.05) is 0 Å². The van der Waals surface area contributed by atoms with E-state index >= 15 is 0 Å². The SMILES string of the molecule is O=C(c1ccc(N[SH](=O)=O)cc1)N1CCN(Cc2cc[nH]n2)CC1. The number of carbonyl (C=O) groups is 1. The van der Waals surface area contributed by atoms with Crippen molar-refractivity contribution in [1.29, 1.82) is 0 Å². The van der Waals surface area contributed by atoms with Crippen LogP contribution in [-0.2, 0) is 17.4 Å². The highest BCUT2D eigenvalue weighted by Gasteiger charge is 2.22. The van der Waals surface area contributed by atoms with Crippen LogP contribution in [0, 0.1) is 0 Å². The third kappa shape index (κ3) is 4.12. The monoisotopic (exact) mass is 349 g/mol. The van der Waals surface area contributed by atoms with Crippen LogP contribution in [0.2, 0.25) is 0 Å². The quantitative estimate of drug-likeness (QED) is 0.675. The molecule has 2 N–H and O–H groups in total. The van der Waals surface area contributed by atoms with Crippen LogP contribution in [0.5, 0.6) is 0 Å². The van der Waals surface area contributed by atoms with Crippen LogP contribution in [0.3, 0.4) is 0 Å². The van der Waals surface area contributed by atoms with Crippen molar-refractivity contribution in [3.8, 4) is 0 Å². The molecule has 0 aliphatic carbocycles. The Hall–Kier alpha value is -2.39. The molecule has 3 rings (SSSR count). The van der Waals surface area contributed by atoms with Crippen LogP contribution in [-0.4, -0.2) is 60.5 Å². The molecule has 9 heteroatoms. The molecule has 0 unspecified atom stereocenters. The summed E-state index contributed by atoms with van der Waals surface area (Å²) in [5.41, 5.74) is 2.00. The van der Waals surface area contributed by atoms with Crippen LogP contribution in [0.15, 0.2) is 36.5 Å². The number of rotatable bonds is 5. The summed E-state index contributed by atoms with van der Waals surface area (Å²) >= 11 is 0. The third-order valence-corrected chi connectivity index (χ3v) is 4.40. The summed E-state index contributed by atoms with van der Waals surface area (Å²) in [6.07, 6.45) is 1.80. The van der Waals surface area contributed by atoms with Gasteiger partial charge in [0.2, 0.25) is 10.9 Å². The van der Waals surface area contributed by atoms with Crippen LogP contribution in [0.25, 0.3) is 0 Å². The van der Waals surface area contributed by atoms with E-state index in [0.717, 1.165) is 25.3 Å². The smallest absolute Gasteiger partial charge is 0.253 e. The fraction of sp³-hybridized carbons (Fsp3) is 0.333. The zero-order valence-electron chi connectivity index (χ0n) is 13.0. The number of benzene rings is 1. The Kier molecular flexibility index (Phi) is 5.11. The summed E-state index contributed by atoms with van der Waals surface area (Å²) in [7, 11) is -2.69. The van der Waals surface area contributed by atoms with Crippen molar-refractivity contribution in [3.63, 3.8) is 0 Å². The number of anilines is 1. The summed E-state index contributed by atoms with van der Waals surface area (Å²) in [5, 5.41) is 6.94. The molecule has 1 aliphatic heterocycles. The van der Waals surface area contributed by atoms with E-state index in [9.17, 15) is 13.2 Å². The molecule has 1 aromatic heterocycles. The zero-order chi connectivity index (χ0) is 16.9. The number of aromatic nitrogens is 2. The zero-order valence-corrected chi connectivity index (χ0v) is 13.9. The Morgan fingerprint density at radius 2 is 1.83 bits per heavy atom. The van der Waals surface area contributed by atoms with Gasteiger partial charge in [-0.2, -0.15) is 5.10 Å². The molecule has 0 radical (unpaired) electrons. The average Bonchev–Trinajstić information content (AvgIpc) is 3.08. The van der Waals surface area contributed by atoms with Gasteiger partial charge in [-0.15, -0.1) is 0 Å². The summed E-state index contributed by atoms with van der Waals surface area (Å²) in [6.45, 7) is 3.70. The van der Waals surface area contributed by atoms with Gasteiger partial charge in [0.15, 0.2) is 0 Å². The van der Waals surface area contributed by atoms with Crippen molar-refractivity contribution in [1.82, 2.24) is 20.0 Å². The number of H-pyrrole nitrogens is 1. The first-order valence-corrected chi connectivity index (χ1v) is 8.81. The maximum absolute atomic E-state index is 12.5. The van der Waals surface area contributed by atoms with Crippen molar-refractivity contribution >= 4 is 22.5 Å². The molecular formula is C15H19N5O3S. The lowest BCUT2D eigenvalue weighted by Crippen LogP contribution is -2.48. The number of nitrogens with one attached hydrogen (secondary N) is 2. The minimum absolute atomic E-state index is 0.0347. The molecule has 1 aliphatic rings. The van der Waals surface area contributed by atoms with E-state index in [1.807, 2.05) is 11.0 Å². The number of hydrogen-bond acceptors (Lipinski definition) is 5. The van der Waals surface area contributed by atoms with Gasteiger partial charge in [-0.05, 0) is 30.3 Å². The Labute approximate surface area is 141 Å². The topological polar surface area (TPSA) is 98.4 Å². The molecule has 1 fully saturated rings. The van der Waals surface area contributed by atoms with Crippen LogP contribution in [0.1, 0.15) is 16.1 Å². The summed E-state index contributed by atoms with van der Waals surface area (Å²) in [4.78, 5) is 16.6. The van der Waals surface area contributed by atoms with Crippen molar-refractivity contribution < 1.29 is 13.2 Å². The molecule has 0 saturated carbocycles. The summed E-state index contributed by atoms with van der Waals surface area (Å²) in [5.74, 6) is -0.0347. The number of thiol groups is 1.